The molecule has 2 aromatic heterocycles. The summed E-state index contributed by atoms with van der Waals surface area (Å²) in [7, 11) is 1.60. The smallest absolute Gasteiger partial charge is 0.246 e. The van der Waals surface area contributed by atoms with E-state index in [0.29, 0.717) is 5.69 Å². The summed E-state index contributed by atoms with van der Waals surface area (Å²) < 4.78 is 1.77. The first-order valence-corrected chi connectivity index (χ1v) is 11.3. The van der Waals surface area contributed by atoms with Gasteiger partial charge in [-0.1, -0.05) is 36.4 Å². The third-order valence-electron chi connectivity index (χ3n) is 5.61. The van der Waals surface area contributed by atoms with Crippen molar-refractivity contribution in [3.8, 4) is 16.9 Å². The van der Waals surface area contributed by atoms with Gasteiger partial charge in [0.25, 0.3) is 0 Å². The summed E-state index contributed by atoms with van der Waals surface area (Å²) in [5, 5.41) is 7.63. The Bertz CT molecular complexity index is 1340. The number of rotatable bonds is 7. The molecular weight excluding hydrogens is 438 g/mol. The molecule has 1 N–H and O–H groups in total. The summed E-state index contributed by atoms with van der Waals surface area (Å²) in [6.07, 6.45) is 8.49. The van der Waals surface area contributed by atoms with E-state index in [9.17, 15) is 9.59 Å². The Morgan fingerprint density at radius 2 is 1.74 bits per heavy atom. The van der Waals surface area contributed by atoms with E-state index < -0.39 is 0 Å². The highest BCUT2D eigenvalue weighted by Gasteiger charge is 2.14. The number of para-hydroxylation sites is 2. The molecule has 176 valence electrons. The predicted octanol–water partition coefficient (Wildman–Crippen LogP) is 4.66. The van der Waals surface area contributed by atoms with E-state index in [1.807, 2.05) is 80.7 Å². The fraction of sp³-hybridized carbons (Fsp3) is 0.143. The van der Waals surface area contributed by atoms with Crippen molar-refractivity contribution in [1.82, 2.24) is 19.7 Å². The van der Waals surface area contributed by atoms with Crippen LogP contribution in [0.3, 0.4) is 0 Å². The number of carbonyl (C=O) groups is 2. The molecular formula is C28H27N5O2. The van der Waals surface area contributed by atoms with Gasteiger partial charge in [-0.15, -0.1) is 0 Å². The lowest BCUT2D eigenvalue weighted by atomic mass is 10.1. The molecule has 7 heteroatoms. The first-order chi connectivity index (χ1) is 16.9. The molecule has 0 atom stereocenters. The molecule has 0 radical (unpaired) electrons. The molecule has 2 aromatic carbocycles. The monoisotopic (exact) mass is 465 g/mol. The average Bonchev–Trinajstić information content (AvgIpc) is 3.30. The molecule has 0 bridgehead atoms. The van der Waals surface area contributed by atoms with Crippen molar-refractivity contribution in [1.29, 1.82) is 0 Å². The number of aryl methyl sites for hydroxylation is 2. The fourth-order valence-corrected chi connectivity index (χ4v) is 3.72. The minimum absolute atomic E-state index is 0.0598. The average molecular weight is 466 g/mol. The third-order valence-corrected chi connectivity index (χ3v) is 5.61. The summed E-state index contributed by atoms with van der Waals surface area (Å²) in [4.78, 5) is 30.9. The van der Waals surface area contributed by atoms with Crippen LogP contribution in [0.15, 0.2) is 85.3 Å². The van der Waals surface area contributed by atoms with Crippen molar-refractivity contribution < 1.29 is 9.59 Å². The molecule has 2 amide bonds. The molecule has 0 aliphatic carbocycles. The second-order valence-electron chi connectivity index (χ2n) is 8.30. The van der Waals surface area contributed by atoms with Crippen LogP contribution in [-0.4, -0.2) is 45.1 Å². The topological polar surface area (TPSA) is 80.1 Å². The van der Waals surface area contributed by atoms with Crippen LogP contribution in [0.4, 0.5) is 5.69 Å². The van der Waals surface area contributed by atoms with Crippen LogP contribution in [0.25, 0.3) is 23.0 Å². The van der Waals surface area contributed by atoms with E-state index in [2.05, 4.69) is 10.3 Å². The molecule has 0 spiro atoms. The maximum absolute atomic E-state index is 12.8. The molecule has 0 unspecified atom stereocenters. The molecule has 0 fully saturated rings. The number of nitrogens with one attached hydrogen (secondary N) is 1. The summed E-state index contributed by atoms with van der Waals surface area (Å²) in [6.45, 7) is 3.82. The lowest BCUT2D eigenvalue weighted by molar-refractivity contribution is -0.129. The van der Waals surface area contributed by atoms with Crippen LogP contribution in [0.2, 0.25) is 0 Å². The van der Waals surface area contributed by atoms with Crippen molar-refractivity contribution in [2.45, 2.75) is 13.8 Å². The highest BCUT2D eigenvalue weighted by atomic mass is 16.2. The third kappa shape index (κ3) is 5.70. The van der Waals surface area contributed by atoms with Crippen LogP contribution < -0.4 is 5.32 Å². The van der Waals surface area contributed by atoms with E-state index in [4.69, 9.17) is 5.10 Å². The number of hydrogen-bond donors (Lipinski definition) is 1. The van der Waals surface area contributed by atoms with Gasteiger partial charge in [0.1, 0.15) is 5.69 Å². The SMILES string of the molecule is Cc1cccc(C)c1NC(=O)CN(C)C(=O)/C=C/c1cn(-c2ccccc2)nc1-c1cccnc1. The number of aromatic nitrogens is 3. The number of benzene rings is 2. The predicted molar refractivity (Wildman–Crippen MR) is 138 cm³/mol. The molecule has 0 aliphatic rings. The van der Waals surface area contributed by atoms with Gasteiger partial charge in [-0.2, -0.15) is 5.10 Å². The quantitative estimate of drug-likeness (QED) is 0.403. The first kappa shape index (κ1) is 23.6. The molecule has 2 heterocycles. The molecule has 0 saturated heterocycles. The molecule has 0 aliphatic heterocycles. The minimum atomic E-state index is -0.286. The van der Waals surface area contributed by atoms with E-state index in [0.717, 1.165) is 33.6 Å². The Morgan fingerprint density at radius 3 is 2.43 bits per heavy atom. The Morgan fingerprint density at radius 1 is 1.00 bits per heavy atom. The van der Waals surface area contributed by atoms with Gasteiger partial charge in [0.15, 0.2) is 0 Å². The second-order valence-corrected chi connectivity index (χ2v) is 8.30. The van der Waals surface area contributed by atoms with Crippen molar-refractivity contribution in [2.75, 3.05) is 18.9 Å². The number of likely N-dealkylation sites (N-methyl/N-ethyl adjacent to an activating group) is 1. The maximum Gasteiger partial charge on any atom is 0.246 e. The Balaban J connectivity index is 1.51. The van der Waals surface area contributed by atoms with Crippen molar-refractivity contribution in [3.63, 3.8) is 0 Å². The minimum Gasteiger partial charge on any atom is -0.333 e. The van der Waals surface area contributed by atoms with Gasteiger partial charge in [0.2, 0.25) is 11.8 Å². The molecule has 4 rings (SSSR count). The standard InChI is InChI=1S/C28H27N5O2/c1-20-9-7-10-21(2)27(20)30-25(34)19-32(3)26(35)15-14-23-18-33(24-12-5-4-6-13-24)31-28(23)22-11-8-16-29-17-22/h4-18H,19H2,1-3H3,(H,30,34)/b15-14+. The largest absolute Gasteiger partial charge is 0.333 e. The number of carbonyl (C=O) groups excluding carboxylic acids is 2. The lowest BCUT2D eigenvalue weighted by Crippen LogP contribution is -2.34. The van der Waals surface area contributed by atoms with E-state index in [1.54, 1.807) is 30.2 Å². The van der Waals surface area contributed by atoms with Gasteiger partial charge in [-0.3, -0.25) is 14.6 Å². The van der Waals surface area contributed by atoms with Crippen LogP contribution in [0, 0.1) is 13.8 Å². The molecule has 4 aromatic rings. The van der Waals surface area contributed by atoms with Gasteiger partial charge < -0.3 is 10.2 Å². The first-order valence-electron chi connectivity index (χ1n) is 11.3. The number of hydrogen-bond acceptors (Lipinski definition) is 4. The normalized spacial score (nSPS) is 10.9. The van der Waals surface area contributed by atoms with Crippen LogP contribution in [0.1, 0.15) is 16.7 Å². The van der Waals surface area contributed by atoms with Crippen molar-refractivity contribution in [2.24, 2.45) is 0 Å². The van der Waals surface area contributed by atoms with E-state index in [1.165, 1.54) is 11.0 Å². The molecule has 35 heavy (non-hydrogen) atoms. The zero-order valence-corrected chi connectivity index (χ0v) is 20.0. The Kier molecular flexibility index (Phi) is 7.16. The maximum atomic E-state index is 12.8. The summed E-state index contributed by atoms with van der Waals surface area (Å²) in [6, 6.07) is 19.3. The number of pyridine rings is 1. The summed E-state index contributed by atoms with van der Waals surface area (Å²) in [5.74, 6) is -0.536. The molecule has 7 nitrogen and oxygen atoms in total. The number of amides is 2. The van der Waals surface area contributed by atoms with Crippen LogP contribution in [-0.2, 0) is 9.59 Å². The summed E-state index contributed by atoms with van der Waals surface area (Å²) in [5.41, 5.74) is 5.96. The van der Waals surface area contributed by atoms with Gasteiger partial charge in [0.05, 0.1) is 12.2 Å². The highest BCUT2D eigenvalue weighted by molar-refractivity contribution is 5.99. The summed E-state index contributed by atoms with van der Waals surface area (Å²) >= 11 is 0. The lowest BCUT2D eigenvalue weighted by Gasteiger charge is -2.16. The number of anilines is 1. The van der Waals surface area contributed by atoms with Crippen molar-refractivity contribution in [3.05, 3.63) is 102 Å². The van der Waals surface area contributed by atoms with Crippen LogP contribution >= 0.6 is 0 Å². The zero-order chi connectivity index (χ0) is 24.8. The van der Waals surface area contributed by atoms with Gasteiger partial charge in [0, 0.05) is 48.5 Å². The van der Waals surface area contributed by atoms with E-state index >= 15 is 0 Å². The number of nitrogens with zero attached hydrogens (tertiary/aromatic N) is 4. The van der Waals surface area contributed by atoms with Gasteiger partial charge in [-0.05, 0) is 55.3 Å². The second kappa shape index (κ2) is 10.6. The van der Waals surface area contributed by atoms with Crippen LogP contribution in [0.5, 0.6) is 0 Å². The van der Waals surface area contributed by atoms with Gasteiger partial charge in [-0.25, -0.2) is 4.68 Å². The molecule has 0 saturated carbocycles. The van der Waals surface area contributed by atoms with Gasteiger partial charge >= 0.3 is 0 Å². The Labute approximate surface area is 204 Å². The zero-order valence-electron chi connectivity index (χ0n) is 20.0. The highest BCUT2D eigenvalue weighted by Crippen LogP contribution is 2.24. The fourth-order valence-electron chi connectivity index (χ4n) is 3.72. The van der Waals surface area contributed by atoms with E-state index in [-0.39, 0.29) is 18.4 Å². The van der Waals surface area contributed by atoms with Crippen molar-refractivity contribution >= 4 is 23.6 Å². The Hall–Kier alpha value is -4.52.